The number of rotatable bonds is 3. The Balaban J connectivity index is 1.69. The number of carbonyl (C=O) groups is 1. The number of amides is 2. The van der Waals surface area contributed by atoms with Gasteiger partial charge >= 0.3 is 6.03 Å². The van der Waals surface area contributed by atoms with Gasteiger partial charge in [0.05, 0.1) is 5.69 Å². The molecule has 2 fully saturated rings. The average molecular weight is 387 g/mol. The van der Waals surface area contributed by atoms with Crippen molar-refractivity contribution in [2.24, 2.45) is 5.92 Å². The van der Waals surface area contributed by atoms with Crippen molar-refractivity contribution in [2.45, 2.75) is 64.5 Å². The number of urea groups is 1. The third-order valence-electron chi connectivity index (χ3n) is 6.00. The molecule has 2 aliphatic heterocycles. The summed E-state index contributed by atoms with van der Waals surface area (Å²) in [5, 5.41) is 12.4. The van der Waals surface area contributed by atoms with Gasteiger partial charge < -0.3 is 15.1 Å². The molecule has 0 aliphatic carbocycles. The molecule has 1 aromatic carbocycles. The lowest BCUT2D eigenvalue weighted by molar-refractivity contribution is 0.135. The fraction of sp³-hybridized carbons (Fsp3) is 0.636. The highest BCUT2D eigenvalue weighted by molar-refractivity contribution is 5.75. The summed E-state index contributed by atoms with van der Waals surface area (Å²) in [6.07, 6.45) is 6.37. The maximum absolute atomic E-state index is 14.0. The first-order valence-electron chi connectivity index (χ1n) is 10.5. The van der Waals surface area contributed by atoms with Crippen LogP contribution in [0.25, 0.3) is 0 Å². The Morgan fingerprint density at radius 3 is 2.61 bits per heavy atom. The van der Waals surface area contributed by atoms with E-state index in [1.807, 2.05) is 26.0 Å². The van der Waals surface area contributed by atoms with Gasteiger partial charge in [-0.1, -0.05) is 18.9 Å². The van der Waals surface area contributed by atoms with Crippen LogP contribution in [0.15, 0.2) is 18.2 Å². The molecule has 1 atom stereocenters. The van der Waals surface area contributed by atoms with E-state index in [9.17, 15) is 14.4 Å². The number of nitrogens with zero attached hydrogens (tertiary/aromatic N) is 3. The molecule has 1 N–H and O–H groups in total. The predicted molar refractivity (Wildman–Crippen MR) is 109 cm³/mol. The SMILES string of the molecule is CC(C)NC(=O)N1CCCCC[C@@H]1C1CCN(c2cccc(F)c2C#N)CC1. The van der Waals surface area contributed by atoms with Crippen molar-refractivity contribution in [1.82, 2.24) is 10.2 Å². The second kappa shape index (κ2) is 9.27. The molecule has 0 radical (unpaired) electrons. The van der Waals surface area contributed by atoms with Gasteiger partial charge in [0.25, 0.3) is 0 Å². The number of nitriles is 1. The molecule has 0 unspecified atom stereocenters. The van der Waals surface area contributed by atoms with Gasteiger partial charge in [-0.2, -0.15) is 5.26 Å². The van der Waals surface area contributed by atoms with E-state index in [0.29, 0.717) is 11.6 Å². The third kappa shape index (κ3) is 4.57. The number of hydrogen-bond donors (Lipinski definition) is 1. The van der Waals surface area contributed by atoms with E-state index in [0.717, 1.165) is 45.3 Å². The fourth-order valence-corrected chi connectivity index (χ4v) is 4.62. The van der Waals surface area contributed by atoms with E-state index in [1.54, 1.807) is 6.07 Å². The molecule has 2 amide bonds. The molecule has 28 heavy (non-hydrogen) atoms. The molecule has 2 aliphatic rings. The zero-order valence-electron chi connectivity index (χ0n) is 17.0. The average Bonchev–Trinajstić information content (AvgIpc) is 2.93. The molecule has 0 aromatic heterocycles. The summed E-state index contributed by atoms with van der Waals surface area (Å²) in [6, 6.07) is 7.30. The first-order valence-corrected chi connectivity index (χ1v) is 10.5. The number of anilines is 1. The molecule has 2 saturated heterocycles. The maximum atomic E-state index is 14.0. The highest BCUT2D eigenvalue weighted by Gasteiger charge is 2.34. The Bertz CT molecular complexity index is 722. The third-order valence-corrected chi connectivity index (χ3v) is 6.00. The van der Waals surface area contributed by atoms with Crippen molar-refractivity contribution in [3.63, 3.8) is 0 Å². The minimum Gasteiger partial charge on any atom is -0.370 e. The molecular weight excluding hydrogens is 355 g/mol. The van der Waals surface area contributed by atoms with Crippen LogP contribution in [-0.4, -0.2) is 42.6 Å². The zero-order valence-corrected chi connectivity index (χ0v) is 17.0. The summed E-state index contributed by atoms with van der Waals surface area (Å²) in [5.74, 6) is -0.00576. The van der Waals surface area contributed by atoms with Crippen molar-refractivity contribution < 1.29 is 9.18 Å². The number of carbonyl (C=O) groups excluding carboxylic acids is 1. The number of halogens is 1. The Hall–Kier alpha value is -2.29. The smallest absolute Gasteiger partial charge is 0.317 e. The first kappa shape index (κ1) is 20.4. The van der Waals surface area contributed by atoms with Crippen LogP contribution in [0.5, 0.6) is 0 Å². The molecule has 0 spiro atoms. The molecule has 6 heteroatoms. The van der Waals surface area contributed by atoms with Crippen LogP contribution in [-0.2, 0) is 0 Å². The van der Waals surface area contributed by atoms with Crippen LogP contribution in [0.1, 0.15) is 57.9 Å². The standard InChI is InChI=1S/C22H31FN4O/c1-16(2)25-22(28)27-12-5-3-4-8-20(27)17-10-13-26(14-11-17)21-9-6-7-19(23)18(21)15-24/h6-7,9,16-17,20H,3-5,8,10-14H2,1-2H3,(H,25,28)/t20-/m1/s1. The van der Waals surface area contributed by atoms with Gasteiger partial charge in [-0.25, -0.2) is 9.18 Å². The summed E-state index contributed by atoms with van der Waals surface area (Å²) in [7, 11) is 0. The van der Waals surface area contributed by atoms with Crippen LogP contribution in [0.3, 0.4) is 0 Å². The minimum atomic E-state index is -0.456. The first-order chi connectivity index (χ1) is 13.5. The topological polar surface area (TPSA) is 59.4 Å². The van der Waals surface area contributed by atoms with Gasteiger partial charge in [-0.15, -0.1) is 0 Å². The monoisotopic (exact) mass is 386 g/mol. The normalized spacial score (nSPS) is 21.3. The molecular formula is C22H31FN4O. The predicted octanol–water partition coefficient (Wildman–Crippen LogP) is 4.28. The van der Waals surface area contributed by atoms with Gasteiger partial charge in [0.1, 0.15) is 17.4 Å². The van der Waals surface area contributed by atoms with Gasteiger partial charge in [0, 0.05) is 31.7 Å². The van der Waals surface area contributed by atoms with E-state index in [1.165, 1.54) is 18.9 Å². The summed E-state index contributed by atoms with van der Waals surface area (Å²) in [4.78, 5) is 16.9. The Morgan fingerprint density at radius 2 is 1.93 bits per heavy atom. The second-order valence-electron chi connectivity index (χ2n) is 8.28. The van der Waals surface area contributed by atoms with Crippen LogP contribution in [0.4, 0.5) is 14.9 Å². The van der Waals surface area contributed by atoms with E-state index in [4.69, 9.17) is 0 Å². The molecule has 2 heterocycles. The molecule has 5 nitrogen and oxygen atoms in total. The van der Waals surface area contributed by atoms with E-state index in [2.05, 4.69) is 15.1 Å². The number of benzene rings is 1. The van der Waals surface area contributed by atoms with Crippen molar-refractivity contribution in [3.8, 4) is 6.07 Å². The lowest BCUT2D eigenvalue weighted by Gasteiger charge is -2.41. The van der Waals surface area contributed by atoms with Crippen molar-refractivity contribution in [3.05, 3.63) is 29.6 Å². The van der Waals surface area contributed by atoms with Crippen LogP contribution in [0.2, 0.25) is 0 Å². The van der Waals surface area contributed by atoms with E-state index in [-0.39, 0.29) is 23.7 Å². The highest BCUT2D eigenvalue weighted by atomic mass is 19.1. The van der Waals surface area contributed by atoms with Gasteiger partial charge in [0.15, 0.2) is 0 Å². The number of likely N-dealkylation sites (tertiary alicyclic amines) is 1. The van der Waals surface area contributed by atoms with Crippen LogP contribution in [0, 0.1) is 23.1 Å². The maximum Gasteiger partial charge on any atom is 0.317 e. The second-order valence-corrected chi connectivity index (χ2v) is 8.28. The van der Waals surface area contributed by atoms with Crippen molar-refractivity contribution in [2.75, 3.05) is 24.5 Å². The summed E-state index contributed by atoms with van der Waals surface area (Å²) in [5.41, 5.74) is 0.824. The number of hydrogen-bond acceptors (Lipinski definition) is 3. The van der Waals surface area contributed by atoms with E-state index >= 15 is 0 Å². The molecule has 3 rings (SSSR count). The van der Waals surface area contributed by atoms with Gasteiger partial charge in [0.2, 0.25) is 0 Å². The molecule has 1 aromatic rings. The van der Waals surface area contributed by atoms with Gasteiger partial charge in [-0.05, 0) is 57.6 Å². The van der Waals surface area contributed by atoms with Crippen molar-refractivity contribution in [1.29, 1.82) is 5.26 Å². The van der Waals surface area contributed by atoms with Gasteiger partial charge in [-0.3, -0.25) is 0 Å². The Morgan fingerprint density at radius 1 is 1.18 bits per heavy atom. The summed E-state index contributed by atoms with van der Waals surface area (Å²) in [6.45, 7) is 6.40. The molecule has 0 saturated carbocycles. The Kier molecular flexibility index (Phi) is 6.77. The van der Waals surface area contributed by atoms with Crippen LogP contribution < -0.4 is 10.2 Å². The summed E-state index contributed by atoms with van der Waals surface area (Å²) >= 11 is 0. The van der Waals surface area contributed by atoms with E-state index < -0.39 is 5.82 Å². The molecule has 0 bridgehead atoms. The molecule has 152 valence electrons. The zero-order chi connectivity index (χ0) is 20.1. The minimum absolute atomic E-state index is 0.0567. The lowest BCUT2D eigenvalue weighted by Crippen LogP contribution is -2.52. The summed E-state index contributed by atoms with van der Waals surface area (Å²) < 4.78 is 14.0. The largest absolute Gasteiger partial charge is 0.370 e. The Labute approximate surface area is 167 Å². The quantitative estimate of drug-likeness (QED) is 0.844. The van der Waals surface area contributed by atoms with Crippen molar-refractivity contribution >= 4 is 11.7 Å². The number of piperidine rings is 1. The van der Waals surface area contributed by atoms with Crippen LogP contribution >= 0.6 is 0 Å². The highest BCUT2D eigenvalue weighted by Crippen LogP contribution is 2.33. The number of nitrogens with one attached hydrogen (secondary N) is 1. The lowest BCUT2D eigenvalue weighted by atomic mass is 9.86. The fourth-order valence-electron chi connectivity index (χ4n) is 4.62.